The van der Waals surface area contributed by atoms with Gasteiger partial charge in [0.25, 0.3) is 0 Å². The maximum atomic E-state index is 13.6. The van der Waals surface area contributed by atoms with Gasteiger partial charge in [-0.25, -0.2) is 4.39 Å². The van der Waals surface area contributed by atoms with E-state index in [0.717, 1.165) is 12.8 Å². The van der Waals surface area contributed by atoms with E-state index in [9.17, 15) is 9.18 Å². The summed E-state index contributed by atoms with van der Waals surface area (Å²) in [6.45, 7) is 10.0. The highest BCUT2D eigenvalue weighted by atomic mass is 19.1. The Hall–Kier alpha value is -2.27. The summed E-state index contributed by atoms with van der Waals surface area (Å²) in [6.07, 6.45) is 2.40. The third-order valence-electron chi connectivity index (χ3n) is 6.33. The van der Waals surface area contributed by atoms with Gasteiger partial charge in [-0.05, 0) is 25.2 Å². The lowest BCUT2D eigenvalue weighted by Gasteiger charge is -2.40. The minimum Gasteiger partial charge on any atom is -0.338 e. The molecule has 2 fully saturated rings. The van der Waals surface area contributed by atoms with Gasteiger partial charge in [0, 0.05) is 12.5 Å². The molecule has 0 bridgehead atoms. The number of carbonyl (C=O) groups is 1. The first-order valence-electron chi connectivity index (χ1n) is 9.26. The average Bonchev–Trinajstić information content (AvgIpc) is 3.29. The lowest BCUT2D eigenvalue weighted by Crippen LogP contribution is -2.50. The number of hydrogen-bond donors (Lipinski definition) is 1. The molecule has 1 saturated heterocycles. The molecule has 1 aromatic heterocycles. The first kappa shape index (κ1) is 19.5. The number of aryl methyl sites for hydroxylation is 1. The molecule has 3 rings (SSSR count). The maximum absolute atomic E-state index is 13.6. The molecule has 146 valence electrons. The first-order chi connectivity index (χ1) is 12.7. The number of carbonyl (C=O) groups excluding carboxylic acids is 1. The van der Waals surface area contributed by atoms with Gasteiger partial charge in [-0.3, -0.25) is 4.79 Å². The van der Waals surface area contributed by atoms with E-state index in [1.807, 2.05) is 12.1 Å². The molecule has 8 heteroatoms. The standard InChI is InChI=1S/C19H26FN5O2/c1-5-19(17-23-12(2)24-27-17)7-6-15(18(19,3)4)22-10-16(26)25-11-13(20)8-14(25)9-21/h5,13-15,22H,1,6-8,10-11H2,2-4H3/t13-,14-,15+,19+/m0/s1. The number of allylic oxidation sites excluding steroid dienone is 1. The Morgan fingerprint density at radius 3 is 2.93 bits per heavy atom. The zero-order valence-electron chi connectivity index (χ0n) is 16.0. The number of likely N-dealkylation sites (tertiary alicyclic amines) is 1. The Kier molecular flexibility index (Phi) is 5.08. The molecule has 1 aromatic rings. The molecule has 0 unspecified atom stereocenters. The summed E-state index contributed by atoms with van der Waals surface area (Å²) in [7, 11) is 0. The van der Waals surface area contributed by atoms with Gasteiger partial charge in [-0.15, -0.1) is 6.58 Å². The van der Waals surface area contributed by atoms with Crippen molar-refractivity contribution in [3.63, 3.8) is 0 Å². The molecular weight excluding hydrogens is 349 g/mol. The van der Waals surface area contributed by atoms with E-state index in [2.05, 4.69) is 35.9 Å². The van der Waals surface area contributed by atoms with Crippen molar-refractivity contribution >= 4 is 5.91 Å². The highest BCUT2D eigenvalue weighted by Gasteiger charge is 2.57. The Bertz CT molecular complexity index is 770. The van der Waals surface area contributed by atoms with Crippen LogP contribution in [0.1, 0.15) is 44.8 Å². The highest BCUT2D eigenvalue weighted by Crippen LogP contribution is 2.54. The van der Waals surface area contributed by atoms with Crippen molar-refractivity contribution in [1.29, 1.82) is 5.26 Å². The predicted octanol–water partition coefficient (Wildman–Crippen LogP) is 2.04. The van der Waals surface area contributed by atoms with Gasteiger partial charge in [0.2, 0.25) is 11.8 Å². The molecule has 2 heterocycles. The summed E-state index contributed by atoms with van der Waals surface area (Å²) < 4.78 is 19.0. The molecule has 0 aromatic carbocycles. The topological polar surface area (TPSA) is 95.1 Å². The van der Waals surface area contributed by atoms with Gasteiger partial charge in [-0.1, -0.05) is 25.1 Å². The third kappa shape index (κ3) is 3.14. The molecule has 0 radical (unpaired) electrons. The second kappa shape index (κ2) is 7.04. The second-order valence-corrected chi connectivity index (χ2v) is 8.04. The molecule has 0 spiro atoms. The van der Waals surface area contributed by atoms with Crippen molar-refractivity contribution < 1.29 is 13.7 Å². The number of hydrogen-bond acceptors (Lipinski definition) is 6. The number of amides is 1. The molecule has 1 saturated carbocycles. The summed E-state index contributed by atoms with van der Waals surface area (Å²) in [6, 6.07) is 1.34. The van der Waals surface area contributed by atoms with E-state index in [-0.39, 0.29) is 36.9 Å². The zero-order chi connectivity index (χ0) is 19.8. The third-order valence-corrected chi connectivity index (χ3v) is 6.33. The fourth-order valence-electron chi connectivity index (χ4n) is 4.53. The molecule has 1 N–H and O–H groups in total. The van der Waals surface area contributed by atoms with E-state index < -0.39 is 17.6 Å². The molecular formula is C19H26FN5O2. The van der Waals surface area contributed by atoms with Crippen LogP contribution in [-0.4, -0.2) is 52.3 Å². The minimum atomic E-state index is -1.13. The number of nitrogens with one attached hydrogen (secondary N) is 1. The summed E-state index contributed by atoms with van der Waals surface area (Å²) in [5.74, 6) is 0.869. The van der Waals surface area contributed by atoms with Crippen LogP contribution in [0, 0.1) is 23.7 Å². The SMILES string of the molecule is C=C[C@]1(c2nc(C)no2)CC[C@@H](NCC(=O)N2C[C@@H](F)C[C@H]2C#N)C1(C)C. The number of nitriles is 1. The van der Waals surface area contributed by atoms with Gasteiger partial charge in [0.1, 0.15) is 12.2 Å². The fraction of sp³-hybridized carbons (Fsp3) is 0.684. The maximum Gasteiger partial charge on any atom is 0.237 e. The number of aromatic nitrogens is 2. The molecule has 1 amide bonds. The van der Waals surface area contributed by atoms with Gasteiger partial charge in [0.05, 0.1) is 24.6 Å². The van der Waals surface area contributed by atoms with Crippen molar-refractivity contribution in [2.24, 2.45) is 5.41 Å². The van der Waals surface area contributed by atoms with Crippen molar-refractivity contribution in [3.05, 3.63) is 24.4 Å². The monoisotopic (exact) mass is 375 g/mol. The molecule has 7 nitrogen and oxygen atoms in total. The summed E-state index contributed by atoms with van der Waals surface area (Å²) >= 11 is 0. The summed E-state index contributed by atoms with van der Waals surface area (Å²) in [5.41, 5.74) is -0.807. The average molecular weight is 375 g/mol. The number of alkyl halides is 1. The Balaban J connectivity index is 1.71. The molecule has 1 aliphatic heterocycles. The second-order valence-electron chi connectivity index (χ2n) is 8.04. The quantitative estimate of drug-likeness (QED) is 0.792. The van der Waals surface area contributed by atoms with E-state index in [4.69, 9.17) is 9.78 Å². The number of halogens is 1. The Morgan fingerprint density at radius 1 is 1.59 bits per heavy atom. The molecule has 2 aliphatic rings. The van der Waals surface area contributed by atoms with Crippen LogP contribution in [0.4, 0.5) is 4.39 Å². The van der Waals surface area contributed by atoms with Crippen LogP contribution in [0.5, 0.6) is 0 Å². The van der Waals surface area contributed by atoms with Crippen molar-refractivity contribution in [3.8, 4) is 6.07 Å². The highest BCUT2D eigenvalue weighted by molar-refractivity contribution is 5.79. The van der Waals surface area contributed by atoms with Gasteiger partial charge < -0.3 is 14.7 Å². The van der Waals surface area contributed by atoms with Crippen molar-refractivity contribution in [2.75, 3.05) is 13.1 Å². The Morgan fingerprint density at radius 2 is 2.33 bits per heavy atom. The lowest BCUT2D eigenvalue weighted by molar-refractivity contribution is -0.130. The van der Waals surface area contributed by atoms with Crippen LogP contribution < -0.4 is 5.32 Å². The smallest absolute Gasteiger partial charge is 0.237 e. The zero-order valence-corrected chi connectivity index (χ0v) is 16.0. The van der Waals surface area contributed by atoms with Crippen LogP contribution in [-0.2, 0) is 10.2 Å². The normalized spacial score (nSPS) is 32.4. The Labute approximate surface area is 158 Å². The van der Waals surface area contributed by atoms with E-state index in [1.165, 1.54) is 4.90 Å². The number of rotatable bonds is 5. The first-order valence-corrected chi connectivity index (χ1v) is 9.26. The molecule has 4 atom stereocenters. The van der Waals surface area contributed by atoms with E-state index in [1.54, 1.807) is 6.92 Å². The number of nitrogens with zero attached hydrogens (tertiary/aromatic N) is 4. The molecule has 1 aliphatic carbocycles. The van der Waals surface area contributed by atoms with Crippen LogP contribution in [0.15, 0.2) is 17.2 Å². The van der Waals surface area contributed by atoms with Gasteiger partial charge in [-0.2, -0.15) is 10.2 Å². The predicted molar refractivity (Wildman–Crippen MR) is 96.3 cm³/mol. The fourth-order valence-corrected chi connectivity index (χ4v) is 4.53. The van der Waals surface area contributed by atoms with Crippen molar-refractivity contribution in [1.82, 2.24) is 20.4 Å². The largest absolute Gasteiger partial charge is 0.338 e. The van der Waals surface area contributed by atoms with Crippen LogP contribution in [0.3, 0.4) is 0 Å². The lowest BCUT2D eigenvalue weighted by atomic mass is 9.66. The van der Waals surface area contributed by atoms with Gasteiger partial charge in [0.15, 0.2) is 5.82 Å². The van der Waals surface area contributed by atoms with Crippen LogP contribution in [0.2, 0.25) is 0 Å². The van der Waals surface area contributed by atoms with E-state index >= 15 is 0 Å². The van der Waals surface area contributed by atoms with Crippen LogP contribution >= 0.6 is 0 Å². The summed E-state index contributed by atoms with van der Waals surface area (Å²) in [4.78, 5) is 18.3. The van der Waals surface area contributed by atoms with Crippen molar-refractivity contribution in [2.45, 2.75) is 63.7 Å². The molecule has 27 heavy (non-hydrogen) atoms. The minimum absolute atomic E-state index is 0.00927. The van der Waals surface area contributed by atoms with E-state index in [0.29, 0.717) is 11.7 Å². The van der Waals surface area contributed by atoms with Crippen LogP contribution in [0.25, 0.3) is 0 Å². The van der Waals surface area contributed by atoms with Gasteiger partial charge >= 0.3 is 0 Å². The summed E-state index contributed by atoms with van der Waals surface area (Å²) in [5, 5.41) is 16.4.